The monoisotopic (exact) mass is 403 g/mol. The number of methoxy groups -OCH3 is 2. The Morgan fingerprint density at radius 3 is 2.80 bits per heavy atom. The lowest BCUT2D eigenvalue weighted by Crippen LogP contribution is -2.22. The molecule has 7 heteroatoms. The SMILES string of the molecule is COc1ccc(C2COc3cc(Cc4cnc5ccccn45)cc(OC)c3O2)cn1. The van der Waals surface area contributed by atoms with E-state index < -0.39 is 0 Å². The van der Waals surface area contributed by atoms with Crippen LogP contribution in [0.4, 0.5) is 0 Å². The Morgan fingerprint density at radius 1 is 1.07 bits per heavy atom. The molecule has 1 aliphatic heterocycles. The molecule has 0 fully saturated rings. The quantitative estimate of drug-likeness (QED) is 0.504. The zero-order valence-corrected chi connectivity index (χ0v) is 16.7. The first-order chi connectivity index (χ1) is 14.7. The van der Waals surface area contributed by atoms with Gasteiger partial charge in [0.2, 0.25) is 11.6 Å². The lowest BCUT2D eigenvalue weighted by molar-refractivity contribution is 0.0867. The van der Waals surface area contributed by atoms with Crippen LogP contribution in [0.3, 0.4) is 0 Å². The predicted octanol–water partition coefficient (Wildman–Crippen LogP) is 3.85. The third-order valence-electron chi connectivity index (χ3n) is 5.17. The molecule has 4 heterocycles. The first-order valence-corrected chi connectivity index (χ1v) is 9.66. The smallest absolute Gasteiger partial charge is 0.212 e. The summed E-state index contributed by atoms with van der Waals surface area (Å²) in [5.41, 5.74) is 3.99. The second kappa shape index (κ2) is 7.59. The van der Waals surface area contributed by atoms with Crippen LogP contribution >= 0.6 is 0 Å². The molecule has 0 saturated carbocycles. The van der Waals surface area contributed by atoms with Gasteiger partial charge in [-0.05, 0) is 35.9 Å². The fraction of sp³-hybridized carbons (Fsp3) is 0.217. The summed E-state index contributed by atoms with van der Waals surface area (Å²) in [6.07, 6.45) is 6.08. The minimum Gasteiger partial charge on any atom is -0.493 e. The van der Waals surface area contributed by atoms with Gasteiger partial charge in [0.1, 0.15) is 12.3 Å². The molecule has 0 N–H and O–H groups in total. The third kappa shape index (κ3) is 3.28. The Kier molecular flexibility index (Phi) is 4.63. The van der Waals surface area contributed by atoms with E-state index >= 15 is 0 Å². The van der Waals surface area contributed by atoms with Crippen molar-refractivity contribution < 1.29 is 18.9 Å². The number of benzene rings is 1. The Labute approximate surface area is 173 Å². The number of aromatic nitrogens is 3. The maximum Gasteiger partial charge on any atom is 0.212 e. The largest absolute Gasteiger partial charge is 0.493 e. The highest BCUT2D eigenvalue weighted by Gasteiger charge is 2.27. The van der Waals surface area contributed by atoms with Gasteiger partial charge in [0.15, 0.2) is 17.6 Å². The van der Waals surface area contributed by atoms with E-state index in [1.807, 2.05) is 54.9 Å². The van der Waals surface area contributed by atoms with Crippen LogP contribution in [0, 0.1) is 0 Å². The van der Waals surface area contributed by atoms with Crippen LogP contribution in [0.1, 0.15) is 22.9 Å². The molecule has 0 aliphatic carbocycles. The molecule has 0 saturated heterocycles. The highest BCUT2D eigenvalue weighted by molar-refractivity contribution is 5.55. The van der Waals surface area contributed by atoms with Gasteiger partial charge in [0.25, 0.3) is 0 Å². The second-order valence-electron chi connectivity index (χ2n) is 7.03. The summed E-state index contributed by atoms with van der Waals surface area (Å²) in [4.78, 5) is 8.72. The standard InChI is InChI=1S/C23H21N3O4/c1-27-18-10-15(9-17-13-24-21-5-3-4-8-26(17)21)11-19-23(18)30-20(14-29-19)16-6-7-22(28-2)25-12-16/h3-8,10-13,20H,9,14H2,1-2H3. The molecule has 7 nitrogen and oxygen atoms in total. The van der Waals surface area contributed by atoms with Crippen LogP contribution in [0.2, 0.25) is 0 Å². The van der Waals surface area contributed by atoms with Crippen LogP contribution in [0.25, 0.3) is 5.65 Å². The molecule has 5 rings (SSSR count). The average Bonchev–Trinajstić information content (AvgIpc) is 3.21. The molecule has 0 bridgehead atoms. The Bertz CT molecular complexity index is 1170. The summed E-state index contributed by atoms with van der Waals surface area (Å²) < 4.78 is 25.1. The van der Waals surface area contributed by atoms with Crippen molar-refractivity contribution in [2.75, 3.05) is 20.8 Å². The third-order valence-corrected chi connectivity index (χ3v) is 5.17. The van der Waals surface area contributed by atoms with Gasteiger partial charge in [-0.25, -0.2) is 9.97 Å². The van der Waals surface area contributed by atoms with E-state index in [-0.39, 0.29) is 6.10 Å². The summed E-state index contributed by atoms with van der Waals surface area (Å²) in [6, 6.07) is 13.7. The maximum absolute atomic E-state index is 6.23. The molecule has 0 radical (unpaired) electrons. The highest BCUT2D eigenvalue weighted by atomic mass is 16.6. The van der Waals surface area contributed by atoms with E-state index in [1.165, 1.54) is 0 Å². The number of hydrogen-bond donors (Lipinski definition) is 0. The Morgan fingerprint density at radius 2 is 2.00 bits per heavy atom. The number of imidazole rings is 1. The van der Waals surface area contributed by atoms with E-state index in [0.717, 1.165) is 22.5 Å². The van der Waals surface area contributed by atoms with E-state index in [2.05, 4.69) is 14.4 Å². The van der Waals surface area contributed by atoms with Crippen molar-refractivity contribution in [3.05, 3.63) is 77.9 Å². The molecule has 0 spiro atoms. The first kappa shape index (κ1) is 18.3. The fourth-order valence-electron chi connectivity index (χ4n) is 3.64. The molecule has 1 atom stereocenters. The van der Waals surface area contributed by atoms with Crippen LogP contribution in [0.15, 0.2) is 61.1 Å². The zero-order valence-electron chi connectivity index (χ0n) is 16.7. The fourth-order valence-corrected chi connectivity index (χ4v) is 3.64. The van der Waals surface area contributed by atoms with E-state index in [9.17, 15) is 0 Å². The Balaban J connectivity index is 1.43. The molecular weight excluding hydrogens is 382 g/mol. The predicted molar refractivity (Wildman–Crippen MR) is 111 cm³/mol. The van der Waals surface area contributed by atoms with Crippen LogP contribution in [-0.4, -0.2) is 35.2 Å². The van der Waals surface area contributed by atoms with Crippen molar-refractivity contribution in [3.8, 4) is 23.1 Å². The summed E-state index contributed by atoms with van der Waals surface area (Å²) in [6.45, 7) is 0.392. The number of nitrogens with zero attached hydrogens (tertiary/aromatic N) is 3. The molecule has 30 heavy (non-hydrogen) atoms. The van der Waals surface area contributed by atoms with Crippen molar-refractivity contribution in [1.29, 1.82) is 0 Å². The molecule has 1 unspecified atom stereocenters. The number of hydrogen-bond acceptors (Lipinski definition) is 6. The second-order valence-corrected chi connectivity index (χ2v) is 7.03. The summed E-state index contributed by atoms with van der Waals surface area (Å²) in [5.74, 6) is 2.48. The molecular formula is C23H21N3O4. The number of pyridine rings is 2. The van der Waals surface area contributed by atoms with Gasteiger partial charge < -0.3 is 23.3 Å². The topological polar surface area (TPSA) is 67.1 Å². The van der Waals surface area contributed by atoms with Gasteiger partial charge in [-0.2, -0.15) is 0 Å². The highest BCUT2D eigenvalue weighted by Crippen LogP contribution is 2.44. The Hall–Kier alpha value is -3.74. The maximum atomic E-state index is 6.23. The normalized spacial score (nSPS) is 15.2. The van der Waals surface area contributed by atoms with Crippen LogP contribution in [-0.2, 0) is 6.42 Å². The van der Waals surface area contributed by atoms with Gasteiger partial charge in [0, 0.05) is 42.3 Å². The number of ether oxygens (including phenoxy) is 4. The van der Waals surface area contributed by atoms with Crippen LogP contribution in [0.5, 0.6) is 23.1 Å². The van der Waals surface area contributed by atoms with E-state index in [0.29, 0.717) is 36.2 Å². The number of rotatable bonds is 5. The van der Waals surface area contributed by atoms with Gasteiger partial charge in [0.05, 0.1) is 14.2 Å². The van der Waals surface area contributed by atoms with Gasteiger partial charge >= 0.3 is 0 Å². The summed E-state index contributed by atoms with van der Waals surface area (Å²) in [7, 11) is 3.23. The van der Waals surface area contributed by atoms with Crippen molar-refractivity contribution >= 4 is 5.65 Å². The zero-order chi connectivity index (χ0) is 20.5. The van der Waals surface area contributed by atoms with Crippen molar-refractivity contribution in [2.45, 2.75) is 12.5 Å². The average molecular weight is 403 g/mol. The van der Waals surface area contributed by atoms with Crippen molar-refractivity contribution in [3.63, 3.8) is 0 Å². The molecule has 3 aromatic heterocycles. The minimum absolute atomic E-state index is 0.269. The molecule has 1 aliphatic rings. The van der Waals surface area contributed by atoms with E-state index in [1.54, 1.807) is 20.4 Å². The first-order valence-electron chi connectivity index (χ1n) is 9.66. The van der Waals surface area contributed by atoms with Crippen molar-refractivity contribution in [2.24, 2.45) is 0 Å². The minimum atomic E-state index is -0.269. The summed E-state index contributed by atoms with van der Waals surface area (Å²) >= 11 is 0. The summed E-state index contributed by atoms with van der Waals surface area (Å²) in [5, 5.41) is 0. The van der Waals surface area contributed by atoms with Gasteiger partial charge in [-0.1, -0.05) is 6.07 Å². The molecule has 152 valence electrons. The lowest BCUT2D eigenvalue weighted by Gasteiger charge is -2.28. The molecule has 1 aromatic carbocycles. The van der Waals surface area contributed by atoms with Gasteiger partial charge in [-0.3, -0.25) is 0 Å². The van der Waals surface area contributed by atoms with E-state index in [4.69, 9.17) is 18.9 Å². The molecule has 0 amide bonds. The number of fused-ring (bicyclic) bond motifs is 2. The lowest BCUT2D eigenvalue weighted by atomic mass is 10.1. The molecule has 4 aromatic rings. The van der Waals surface area contributed by atoms with Crippen LogP contribution < -0.4 is 18.9 Å². The van der Waals surface area contributed by atoms with Crippen molar-refractivity contribution in [1.82, 2.24) is 14.4 Å². The van der Waals surface area contributed by atoms with Gasteiger partial charge in [-0.15, -0.1) is 0 Å².